The third kappa shape index (κ3) is 4.18. The van der Waals surface area contributed by atoms with Gasteiger partial charge in [-0.1, -0.05) is 19.8 Å². The van der Waals surface area contributed by atoms with Gasteiger partial charge in [0.1, 0.15) is 0 Å². The second-order valence-electron chi connectivity index (χ2n) is 5.42. The zero-order valence-electron chi connectivity index (χ0n) is 12.1. The molecular formula is C15H20N2O4. The number of amides is 1. The van der Waals surface area contributed by atoms with Gasteiger partial charge in [0.25, 0.3) is 5.91 Å². The lowest BCUT2D eigenvalue weighted by Crippen LogP contribution is -2.43. The van der Waals surface area contributed by atoms with Crippen molar-refractivity contribution in [3.8, 4) is 0 Å². The first kappa shape index (κ1) is 15.3. The predicted octanol–water partition coefficient (Wildman–Crippen LogP) is 1.17. The summed E-state index contributed by atoms with van der Waals surface area (Å²) in [4.78, 5) is 23.5. The molecule has 0 aromatic carbocycles. The topological polar surface area (TPSA) is 82.3 Å². The van der Waals surface area contributed by atoms with Gasteiger partial charge < -0.3 is 15.3 Å². The number of hydrogen-bond donors (Lipinski definition) is 1. The summed E-state index contributed by atoms with van der Waals surface area (Å²) in [7, 11) is 0. The van der Waals surface area contributed by atoms with Crippen LogP contribution in [0.2, 0.25) is 0 Å². The fraction of sp³-hybridized carbons (Fsp3) is 0.533. The number of ether oxygens (including phenoxy) is 1. The standard InChI is InChI=1S/C15H20N2O4/c1-11-6-2-3-7-12(11)16-14(18)10-21-15(19)13-8-4-5-9-17(13)20/h4-5,8-9,11-12H,2-3,6-7,10H2,1H3,(H,16,18)/t11-,12+/m1/s1. The highest BCUT2D eigenvalue weighted by molar-refractivity contribution is 5.88. The maximum atomic E-state index is 11.8. The van der Waals surface area contributed by atoms with E-state index >= 15 is 0 Å². The van der Waals surface area contributed by atoms with Crippen molar-refractivity contribution in [3.05, 3.63) is 35.3 Å². The molecule has 1 aromatic rings. The van der Waals surface area contributed by atoms with E-state index in [1.165, 1.54) is 24.8 Å². The summed E-state index contributed by atoms with van der Waals surface area (Å²) >= 11 is 0. The Morgan fingerprint density at radius 3 is 2.86 bits per heavy atom. The molecule has 1 heterocycles. The normalized spacial score (nSPS) is 21.6. The van der Waals surface area contributed by atoms with E-state index in [-0.39, 0.29) is 24.2 Å². The third-order valence-corrected chi connectivity index (χ3v) is 3.83. The first-order valence-corrected chi connectivity index (χ1v) is 7.22. The highest BCUT2D eigenvalue weighted by Gasteiger charge is 2.24. The van der Waals surface area contributed by atoms with Gasteiger partial charge in [0.15, 0.2) is 12.8 Å². The lowest BCUT2D eigenvalue weighted by atomic mass is 9.86. The molecule has 0 spiro atoms. The Morgan fingerprint density at radius 1 is 1.38 bits per heavy atom. The quantitative estimate of drug-likeness (QED) is 0.513. The molecule has 0 aliphatic heterocycles. The minimum Gasteiger partial charge on any atom is -0.618 e. The summed E-state index contributed by atoms with van der Waals surface area (Å²) in [5.74, 6) is -0.677. The van der Waals surface area contributed by atoms with E-state index in [1.54, 1.807) is 6.07 Å². The predicted molar refractivity (Wildman–Crippen MR) is 75.2 cm³/mol. The van der Waals surface area contributed by atoms with E-state index in [2.05, 4.69) is 12.2 Å². The van der Waals surface area contributed by atoms with Crippen molar-refractivity contribution in [2.24, 2.45) is 5.92 Å². The summed E-state index contributed by atoms with van der Waals surface area (Å²) < 4.78 is 5.30. The average molecular weight is 292 g/mol. The van der Waals surface area contributed by atoms with Crippen LogP contribution in [0.3, 0.4) is 0 Å². The van der Waals surface area contributed by atoms with Crippen molar-refractivity contribution < 1.29 is 19.1 Å². The lowest BCUT2D eigenvalue weighted by Gasteiger charge is -2.29. The number of nitrogens with one attached hydrogen (secondary N) is 1. The number of pyridine rings is 1. The lowest BCUT2D eigenvalue weighted by molar-refractivity contribution is -0.608. The van der Waals surface area contributed by atoms with Gasteiger partial charge in [0, 0.05) is 18.2 Å². The number of rotatable bonds is 4. The Labute approximate surface area is 123 Å². The van der Waals surface area contributed by atoms with Gasteiger partial charge in [-0.25, -0.2) is 4.79 Å². The average Bonchev–Trinajstić information content (AvgIpc) is 2.48. The maximum absolute atomic E-state index is 11.8. The van der Waals surface area contributed by atoms with Crippen molar-refractivity contribution in [3.63, 3.8) is 0 Å². The molecule has 6 heteroatoms. The molecule has 1 aliphatic carbocycles. The van der Waals surface area contributed by atoms with Gasteiger partial charge >= 0.3 is 11.7 Å². The number of aromatic nitrogens is 1. The molecular weight excluding hydrogens is 272 g/mol. The van der Waals surface area contributed by atoms with E-state index in [1.807, 2.05) is 0 Å². The summed E-state index contributed by atoms with van der Waals surface area (Å²) in [6, 6.07) is 4.58. The summed E-state index contributed by atoms with van der Waals surface area (Å²) in [6.07, 6.45) is 5.57. The molecule has 0 radical (unpaired) electrons. The smallest absolute Gasteiger partial charge is 0.405 e. The van der Waals surface area contributed by atoms with Crippen LogP contribution in [0.25, 0.3) is 0 Å². The first-order chi connectivity index (χ1) is 10.1. The third-order valence-electron chi connectivity index (χ3n) is 3.83. The maximum Gasteiger partial charge on any atom is 0.405 e. The Morgan fingerprint density at radius 2 is 2.14 bits per heavy atom. The second-order valence-corrected chi connectivity index (χ2v) is 5.42. The van der Waals surface area contributed by atoms with E-state index in [0.29, 0.717) is 10.6 Å². The molecule has 6 nitrogen and oxygen atoms in total. The van der Waals surface area contributed by atoms with Crippen LogP contribution in [0, 0.1) is 11.1 Å². The number of carbonyl (C=O) groups is 2. The molecule has 1 saturated carbocycles. The van der Waals surface area contributed by atoms with E-state index in [4.69, 9.17) is 4.74 Å². The Hall–Kier alpha value is -2.11. The largest absolute Gasteiger partial charge is 0.618 e. The molecule has 1 aromatic heterocycles. The van der Waals surface area contributed by atoms with Crippen LogP contribution < -0.4 is 10.0 Å². The fourth-order valence-corrected chi connectivity index (χ4v) is 2.57. The zero-order chi connectivity index (χ0) is 15.2. The van der Waals surface area contributed by atoms with Gasteiger partial charge in [-0.3, -0.25) is 4.79 Å². The van der Waals surface area contributed by atoms with E-state index in [9.17, 15) is 14.8 Å². The monoisotopic (exact) mass is 292 g/mol. The minimum absolute atomic E-state index is 0.128. The SMILES string of the molecule is C[C@@H]1CCCC[C@@H]1NC(=O)COC(=O)c1cccc[n+]1[O-]. The van der Waals surface area contributed by atoms with Crippen LogP contribution in [0.15, 0.2) is 24.4 Å². The molecule has 1 aliphatic rings. The molecule has 21 heavy (non-hydrogen) atoms. The molecule has 0 bridgehead atoms. The molecule has 2 rings (SSSR count). The van der Waals surface area contributed by atoms with Crippen LogP contribution in [-0.2, 0) is 9.53 Å². The highest BCUT2D eigenvalue weighted by atomic mass is 16.5. The van der Waals surface area contributed by atoms with E-state index < -0.39 is 5.97 Å². The summed E-state index contributed by atoms with van der Waals surface area (Å²) in [5, 5.41) is 14.3. The first-order valence-electron chi connectivity index (χ1n) is 7.22. The van der Waals surface area contributed by atoms with Crippen molar-refractivity contribution in [1.29, 1.82) is 0 Å². The molecule has 1 fully saturated rings. The Bertz CT molecular complexity index is 518. The van der Waals surface area contributed by atoms with Crippen LogP contribution in [0.1, 0.15) is 43.1 Å². The number of carbonyl (C=O) groups excluding carboxylic acids is 2. The molecule has 1 N–H and O–H groups in total. The fourth-order valence-electron chi connectivity index (χ4n) is 2.57. The number of nitrogens with zero attached hydrogens (tertiary/aromatic N) is 1. The summed E-state index contributed by atoms with van der Waals surface area (Å²) in [5.41, 5.74) is -0.128. The second kappa shape index (κ2) is 7.06. The molecule has 1 amide bonds. The van der Waals surface area contributed by atoms with Gasteiger partial charge in [-0.2, -0.15) is 4.73 Å². The van der Waals surface area contributed by atoms with Crippen molar-refractivity contribution >= 4 is 11.9 Å². The van der Waals surface area contributed by atoms with Gasteiger partial charge in [-0.15, -0.1) is 0 Å². The summed E-state index contributed by atoms with van der Waals surface area (Å²) in [6.45, 7) is 1.75. The number of hydrogen-bond acceptors (Lipinski definition) is 4. The van der Waals surface area contributed by atoms with Gasteiger partial charge in [0.2, 0.25) is 0 Å². The highest BCUT2D eigenvalue weighted by Crippen LogP contribution is 2.23. The van der Waals surface area contributed by atoms with Gasteiger partial charge in [-0.05, 0) is 24.8 Å². The van der Waals surface area contributed by atoms with E-state index in [0.717, 1.165) is 19.3 Å². The van der Waals surface area contributed by atoms with Crippen molar-refractivity contribution in [2.45, 2.75) is 38.6 Å². The molecule has 114 valence electrons. The molecule has 0 saturated heterocycles. The van der Waals surface area contributed by atoms with Crippen molar-refractivity contribution in [1.82, 2.24) is 5.32 Å². The van der Waals surface area contributed by atoms with Crippen LogP contribution >= 0.6 is 0 Å². The van der Waals surface area contributed by atoms with Crippen molar-refractivity contribution in [2.75, 3.05) is 6.61 Å². The molecule has 0 unspecified atom stereocenters. The van der Waals surface area contributed by atoms with Crippen LogP contribution in [-0.4, -0.2) is 24.5 Å². The molecule has 2 atom stereocenters. The van der Waals surface area contributed by atoms with Gasteiger partial charge in [0.05, 0.1) is 0 Å². The minimum atomic E-state index is -0.794. The Kier molecular flexibility index (Phi) is 5.14. The Balaban J connectivity index is 1.81. The van der Waals surface area contributed by atoms with Crippen LogP contribution in [0.5, 0.6) is 0 Å². The zero-order valence-corrected chi connectivity index (χ0v) is 12.1. The van der Waals surface area contributed by atoms with Crippen LogP contribution in [0.4, 0.5) is 0 Å². The number of esters is 1.